The molecule has 2 heterocycles. The molecule has 0 aliphatic heterocycles. The first-order valence-electron chi connectivity index (χ1n) is 6.14. The van der Waals surface area contributed by atoms with Crippen LogP contribution in [-0.4, -0.2) is 20.9 Å². The van der Waals surface area contributed by atoms with Crippen LogP contribution in [0.4, 0.5) is 13.2 Å². The summed E-state index contributed by atoms with van der Waals surface area (Å²) in [6.07, 6.45) is -3.40. The van der Waals surface area contributed by atoms with E-state index in [4.69, 9.17) is 9.52 Å². The Labute approximate surface area is 121 Å². The highest BCUT2D eigenvalue weighted by molar-refractivity contribution is 5.96. The van der Waals surface area contributed by atoms with Crippen LogP contribution in [0.25, 0.3) is 22.4 Å². The summed E-state index contributed by atoms with van der Waals surface area (Å²) in [5, 5.41) is 12.8. The van der Waals surface area contributed by atoms with Gasteiger partial charge in [0.1, 0.15) is 16.8 Å². The molecule has 3 aromatic rings. The maximum Gasteiger partial charge on any atom is 0.417 e. The van der Waals surface area contributed by atoms with E-state index in [1.165, 1.54) is 29.9 Å². The zero-order valence-corrected chi connectivity index (χ0v) is 11.2. The molecule has 5 nitrogen and oxygen atoms in total. The normalized spacial score (nSPS) is 12.0. The van der Waals surface area contributed by atoms with E-state index >= 15 is 0 Å². The Balaban J connectivity index is 2.27. The summed E-state index contributed by atoms with van der Waals surface area (Å²) in [6.45, 7) is 0. The summed E-state index contributed by atoms with van der Waals surface area (Å²) in [5.41, 5.74) is -0.839. The number of carbonyl (C=O) groups is 1. The van der Waals surface area contributed by atoms with Gasteiger partial charge in [0.15, 0.2) is 5.76 Å². The Kier molecular flexibility index (Phi) is 2.98. The number of fused-ring (bicyclic) bond motifs is 1. The summed E-state index contributed by atoms with van der Waals surface area (Å²) < 4.78 is 45.6. The largest absolute Gasteiger partial charge is 0.478 e. The van der Waals surface area contributed by atoms with E-state index in [0.717, 1.165) is 12.3 Å². The third kappa shape index (κ3) is 2.12. The molecule has 0 spiro atoms. The van der Waals surface area contributed by atoms with E-state index in [9.17, 15) is 18.0 Å². The maximum absolute atomic E-state index is 13.0. The molecule has 0 unspecified atom stereocenters. The van der Waals surface area contributed by atoms with Crippen LogP contribution in [0.1, 0.15) is 15.9 Å². The molecule has 0 radical (unpaired) electrons. The molecular weight excluding hydrogens is 301 g/mol. The number of hydrogen-bond donors (Lipinski definition) is 1. The Morgan fingerprint density at radius 3 is 2.73 bits per heavy atom. The van der Waals surface area contributed by atoms with Gasteiger partial charge >= 0.3 is 12.1 Å². The van der Waals surface area contributed by atoms with E-state index < -0.39 is 17.7 Å². The number of benzene rings is 1. The molecule has 8 heteroatoms. The molecule has 2 aromatic heterocycles. The molecule has 0 bridgehead atoms. The third-order valence-electron chi connectivity index (χ3n) is 3.27. The van der Waals surface area contributed by atoms with Crippen molar-refractivity contribution in [2.75, 3.05) is 0 Å². The van der Waals surface area contributed by atoms with Crippen LogP contribution in [0, 0.1) is 0 Å². The minimum atomic E-state index is -4.53. The average Bonchev–Trinajstić information content (AvgIpc) is 2.99. The van der Waals surface area contributed by atoms with Gasteiger partial charge in [-0.2, -0.15) is 18.3 Å². The molecule has 114 valence electrons. The van der Waals surface area contributed by atoms with Crippen molar-refractivity contribution in [1.29, 1.82) is 0 Å². The number of carboxylic acids is 1. The van der Waals surface area contributed by atoms with Crippen molar-refractivity contribution in [2.24, 2.45) is 7.05 Å². The summed E-state index contributed by atoms with van der Waals surface area (Å²) in [5.74, 6) is -1.22. The van der Waals surface area contributed by atoms with Gasteiger partial charge in [0.05, 0.1) is 11.8 Å². The first-order chi connectivity index (χ1) is 10.3. The Morgan fingerprint density at radius 2 is 2.09 bits per heavy atom. The fourth-order valence-electron chi connectivity index (χ4n) is 2.31. The van der Waals surface area contributed by atoms with Gasteiger partial charge in [-0.15, -0.1) is 0 Å². The summed E-state index contributed by atoms with van der Waals surface area (Å²) >= 11 is 0. The first-order valence-corrected chi connectivity index (χ1v) is 6.14. The number of nitrogens with zero attached hydrogens (tertiary/aromatic N) is 2. The minimum absolute atomic E-state index is 0.0177. The van der Waals surface area contributed by atoms with Crippen LogP contribution in [0.3, 0.4) is 0 Å². The van der Waals surface area contributed by atoms with E-state index in [0.29, 0.717) is 0 Å². The van der Waals surface area contributed by atoms with Crippen molar-refractivity contribution in [3.8, 4) is 11.5 Å². The molecule has 1 aromatic carbocycles. The molecule has 0 amide bonds. The molecule has 3 rings (SSSR count). The van der Waals surface area contributed by atoms with Gasteiger partial charge in [-0.1, -0.05) is 6.07 Å². The molecule has 1 N–H and O–H groups in total. The van der Waals surface area contributed by atoms with Gasteiger partial charge in [0.25, 0.3) is 0 Å². The second-order valence-electron chi connectivity index (χ2n) is 4.66. The summed E-state index contributed by atoms with van der Waals surface area (Å²) in [6, 6.07) is 4.76. The Bertz CT molecular complexity index is 877. The molecule has 0 aliphatic carbocycles. The fourth-order valence-corrected chi connectivity index (χ4v) is 2.31. The predicted octanol–water partition coefficient (Wildman–Crippen LogP) is 3.55. The number of furan rings is 1. The van der Waals surface area contributed by atoms with Crippen LogP contribution >= 0.6 is 0 Å². The van der Waals surface area contributed by atoms with Crippen LogP contribution in [0.2, 0.25) is 0 Å². The topological polar surface area (TPSA) is 68.3 Å². The highest BCUT2D eigenvalue weighted by Gasteiger charge is 2.33. The highest BCUT2D eigenvalue weighted by atomic mass is 19.4. The lowest BCUT2D eigenvalue weighted by Crippen LogP contribution is -2.04. The monoisotopic (exact) mass is 310 g/mol. The number of aromatic carboxylic acids is 1. The van der Waals surface area contributed by atoms with Gasteiger partial charge in [0, 0.05) is 12.4 Å². The van der Waals surface area contributed by atoms with Gasteiger partial charge in [-0.05, 0) is 18.2 Å². The van der Waals surface area contributed by atoms with Crippen molar-refractivity contribution >= 4 is 16.9 Å². The third-order valence-corrected chi connectivity index (χ3v) is 3.27. The molecule has 0 aliphatic rings. The lowest BCUT2D eigenvalue weighted by Gasteiger charge is -2.06. The molecule has 0 saturated carbocycles. The van der Waals surface area contributed by atoms with E-state index in [-0.39, 0.29) is 28.0 Å². The fraction of sp³-hybridized carbons (Fsp3) is 0.143. The standard InChI is InChI=1S/C14H9F3N2O3/c1-19-12(8(6-18-19)13(20)21)11-5-7-9(14(15,16)17)3-2-4-10(7)22-11/h2-6H,1H3,(H,20,21). The molecule has 0 saturated heterocycles. The lowest BCUT2D eigenvalue weighted by molar-refractivity contribution is -0.136. The summed E-state index contributed by atoms with van der Waals surface area (Å²) in [7, 11) is 1.49. The zero-order valence-electron chi connectivity index (χ0n) is 11.2. The quantitative estimate of drug-likeness (QED) is 0.786. The lowest BCUT2D eigenvalue weighted by atomic mass is 10.1. The SMILES string of the molecule is Cn1ncc(C(=O)O)c1-c1cc2c(C(F)(F)F)cccc2o1. The first kappa shape index (κ1) is 14.2. The van der Waals surface area contributed by atoms with Gasteiger partial charge in [-0.3, -0.25) is 4.68 Å². The van der Waals surface area contributed by atoms with Crippen molar-refractivity contribution in [3.05, 3.63) is 41.6 Å². The number of alkyl halides is 3. The van der Waals surface area contributed by atoms with Gasteiger partial charge in [-0.25, -0.2) is 4.79 Å². The predicted molar refractivity (Wildman–Crippen MR) is 70.4 cm³/mol. The smallest absolute Gasteiger partial charge is 0.417 e. The van der Waals surface area contributed by atoms with Crippen molar-refractivity contribution in [1.82, 2.24) is 9.78 Å². The van der Waals surface area contributed by atoms with E-state index in [2.05, 4.69) is 5.10 Å². The summed E-state index contributed by atoms with van der Waals surface area (Å²) in [4.78, 5) is 11.2. The van der Waals surface area contributed by atoms with Crippen LogP contribution in [0.5, 0.6) is 0 Å². The number of aromatic nitrogens is 2. The number of hydrogen-bond acceptors (Lipinski definition) is 3. The zero-order chi connectivity index (χ0) is 16.1. The molecule has 0 fully saturated rings. The second-order valence-corrected chi connectivity index (χ2v) is 4.66. The van der Waals surface area contributed by atoms with Crippen molar-refractivity contribution in [2.45, 2.75) is 6.18 Å². The second kappa shape index (κ2) is 4.62. The van der Waals surface area contributed by atoms with Crippen molar-refractivity contribution in [3.63, 3.8) is 0 Å². The Hall–Kier alpha value is -2.77. The van der Waals surface area contributed by atoms with Gasteiger partial charge in [0.2, 0.25) is 0 Å². The van der Waals surface area contributed by atoms with Crippen LogP contribution < -0.4 is 0 Å². The molecular formula is C14H9F3N2O3. The number of halogens is 3. The van der Waals surface area contributed by atoms with E-state index in [1.807, 2.05) is 0 Å². The van der Waals surface area contributed by atoms with Gasteiger partial charge < -0.3 is 9.52 Å². The minimum Gasteiger partial charge on any atom is -0.478 e. The van der Waals surface area contributed by atoms with E-state index in [1.54, 1.807) is 0 Å². The molecule has 22 heavy (non-hydrogen) atoms. The van der Waals surface area contributed by atoms with Crippen LogP contribution in [-0.2, 0) is 13.2 Å². The van der Waals surface area contributed by atoms with Crippen LogP contribution in [0.15, 0.2) is 34.9 Å². The number of aryl methyl sites for hydroxylation is 1. The Morgan fingerprint density at radius 1 is 1.36 bits per heavy atom. The molecule has 0 atom stereocenters. The maximum atomic E-state index is 13.0. The number of rotatable bonds is 2. The average molecular weight is 310 g/mol. The number of carboxylic acid groups (broad SMARTS) is 1. The van der Waals surface area contributed by atoms with Crippen molar-refractivity contribution < 1.29 is 27.5 Å². The highest BCUT2D eigenvalue weighted by Crippen LogP contribution is 2.38.